The third kappa shape index (κ3) is 10.8. The molecule has 0 saturated carbocycles. The van der Waals surface area contributed by atoms with E-state index in [2.05, 4.69) is 57.0 Å². The van der Waals surface area contributed by atoms with Crippen molar-refractivity contribution in [2.75, 3.05) is 34.4 Å². The highest BCUT2D eigenvalue weighted by Gasteiger charge is 2.38. The van der Waals surface area contributed by atoms with Crippen molar-refractivity contribution in [3.05, 3.63) is 72.1 Å². The Morgan fingerprint density at radius 3 is 1.98 bits per heavy atom. The Kier molecular flexibility index (Phi) is 15.2. The molecule has 1 unspecified atom stereocenters. The summed E-state index contributed by atoms with van der Waals surface area (Å²) in [5, 5.41) is 5.43. The number of carbonyl (C=O) groups excluding carboxylic acids is 4. The molecule has 0 radical (unpaired) electrons. The molecule has 15 nitrogen and oxygen atoms in total. The average molecular weight is 839 g/mol. The van der Waals surface area contributed by atoms with Crippen LogP contribution in [0.15, 0.2) is 54.7 Å². The molecule has 2 aliphatic rings. The van der Waals surface area contributed by atoms with Gasteiger partial charge in [-0.05, 0) is 48.6 Å². The van der Waals surface area contributed by atoms with E-state index in [1.165, 1.54) is 14.2 Å². The number of aromatic nitrogens is 4. The fourth-order valence-electron chi connectivity index (χ4n) is 8.27. The maximum absolute atomic E-state index is 13.9. The van der Waals surface area contributed by atoms with Crippen LogP contribution in [0.4, 0.5) is 9.59 Å². The number of alkyl carbamates (subject to hydrolysis) is 2. The maximum Gasteiger partial charge on any atom is 0.407 e. The Balaban J connectivity index is 1.19. The highest BCUT2D eigenvalue weighted by atomic mass is 16.5. The monoisotopic (exact) mass is 838 g/mol. The third-order valence-corrected chi connectivity index (χ3v) is 11.8. The molecule has 1 saturated heterocycles. The summed E-state index contributed by atoms with van der Waals surface area (Å²) >= 11 is 0. The second-order valence-electron chi connectivity index (χ2n) is 16.8. The molecule has 2 aromatic heterocycles. The summed E-state index contributed by atoms with van der Waals surface area (Å²) < 4.78 is 15.7. The first-order valence-electron chi connectivity index (χ1n) is 21.6. The fraction of sp³-hybridized carbons (Fsp3) is 0.522. The number of ether oxygens (including phenoxy) is 3. The molecule has 4 N–H and O–H groups in total. The topological polar surface area (TPSA) is 184 Å². The largest absolute Gasteiger partial charge is 0.453 e. The zero-order valence-corrected chi connectivity index (χ0v) is 36.6. The van der Waals surface area contributed by atoms with E-state index in [1.54, 1.807) is 11.9 Å². The van der Waals surface area contributed by atoms with Crippen LogP contribution in [0.5, 0.6) is 0 Å². The van der Waals surface area contributed by atoms with Crippen molar-refractivity contribution in [2.24, 2.45) is 11.8 Å². The van der Waals surface area contributed by atoms with Crippen molar-refractivity contribution in [1.82, 2.24) is 40.4 Å². The maximum atomic E-state index is 13.9. The van der Waals surface area contributed by atoms with Crippen molar-refractivity contribution >= 4 is 24.0 Å². The first-order valence-corrected chi connectivity index (χ1v) is 21.6. The number of aromatic amines is 2. The van der Waals surface area contributed by atoms with Gasteiger partial charge in [-0.25, -0.2) is 19.6 Å². The first kappa shape index (κ1) is 44.8. The van der Waals surface area contributed by atoms with E-state index in [9.17, 15) is 19.2 Å². The number of rotatable bonds is 11. The number of hydrogen-bond acceptors (Lipinski definition) is 9. The van der Waals surface area contributed by atoms with Crippen LogP contribution in [-0.2, 0) is 30.4 Å². The molecule has 2 bridgehead atoms. The lowest BCUT2D eigenvalue weighted by molar-refractivity contribution is -0.136. The average Bonchev–Trinajstić information content (AvgIpc) is 4.05. The standard InChI is InChI=1S/C46H62N8O7/c1-28(2)38(51-45(57)59-6)43(55)53(5)36-14-11-9-8-10-12-25-61-27-35-40(50-42(36)49-35)33-22-18-31(19-23-33)30-16-20-32(21-17-30)34-26-47-41(48-34)37-15-13-24-54(37)44(56)39(29(3)4)52-46(58)60-7/h16-23,26,28-29,36-39H,8-15,24-25,27H2,1-7H3,(H,47,48)(H,49,50)(H,51,57)(H,52,58)/t36?,37-,38-,39-/m0/s1. The van der Waals surface area contributed by atoms with Crippen LogP contribution in [0, 0.1) is 11.8 Å². The van der Waals surface area contributed by atoms with Crippen LogP contribution in [-0.4, -0.2) is 100 Å². The second-order valence-corrected chi connectivity index (χ2v) is 16.8. The lowest BCUT2D eigenvalue weighted by atomic mass is 10.00. The van der Waals surface area contributed by atoms with E-state index in [0.29, 0.717) is 25.6 Å². The first-order chi connectivity index (χ1) is 29.4. The van der Waals surface area contributed by atoms with Gasteiger partial charge in [-0.1, -0.05) is 102 Å². The number of carbonyl (C=O) groups is 4. The molecule has 4 aromatic rings. The molecule has 2 aliphatic heterocycles. The Morgan fingerprint density at radius 1 is 0.754 bits per heavy atom. The molecule has 4 heterocycles. The van der Waals surface area contributed by atoms with Gasteiger partial charge in [-0.3, -0.25) is 9.59 Å². The molecule has 0 aliphatic carbocycles. The molecule has 2 aromatic carbocycles. The predicted octanol–water partition coefficient (Wildman–Crippen LogP) is 7.93. The van der Waals surface area contributed by atoms with Crippen molar-refractivity contribution in [3.8, 4) is 33.6 Å². The Morgan fingerprint density at radius 2 is 1.34 bits per heavy atom. The summed E-state index contributed by atoms with van der Waals surface area (Å²) in [7, 11) is 4.37. The fourth-order valence-corrected chi connectivity index (χ4v) is 8.27. The third-order valence-electron chi connectivity index (χ3n) is 11.8. The van der Waals surface area contributed by atoms with Crippen molar-refractivity contribution in [2.45, 2.75) is 110 Å². The summed E-state index contributed by atoms with van der Waals surface area (Å²) in [5.41, 5.74) is 6.36. The van der Waals surface area contributed by atoms with Crippen LogP contribution in [0.1, 0.15) is 108 Å². The van der Waals surface area contributed by atoms with Crippen LogP contribution in [0.2, 0.25) is 0 Å². The van der Waals surface area contributed by atoms with Crippen molar-refractivity contribution in [1.29, 1.82) is 0 Å². The van der Waals surface area contributed by atoms with Gasteiger partial charge in [0.25, 0.3) is 0 Å². The van der Waals surface area contributed by atoms with Gasteiger partial charge in [0.15, 0.2) is 0 Å². The molecule has 0 spiro atoms. The molecular formula is C46H62N8O7. The number of methoxy groups -OCH3 is 2. The number of H-pyrrole nitrogens is 2. The zero-order chi connectivity index (χ0) is 43.6. The van der Waals surface area contributed by atoms with Crippen LogP contribution < -0.4 is 10.6 Å². The van der Waals surface area contributed by atoms with Gasteiger partial charge in [0.1, 0.15) is 23.7 Å². The van der Waals surface area contributed by atoms with Crippen molar-refractivity contribution < 1.29 is 33.4 Å². The number of likely N-dealkylation sites (tertiary alicyclic amines) is 1. The van der Waals surface area contributed by atoms with Crippen LogP contribution >= 0.6 is 0 Å². The van der Waals surface area contributed by atoms with Crippen molar-refractivity contribution in [3.63, 3.8) is 0 Å². The van der Waals surface area contributed by atoms with Gasteiger partial charge in [-0.15, -0.1) is 0 Å². The number of fused-ring (bicyclic) bond motifs is 2. The number of likely N-dealkylation sites (N-methyl/N-ethyl adjacent to an activating group) is 1. The summed E-state index contributed by atoms with van der Waals surface area (Å²) in [6, 6.07) is 14.5. The molecule has 1 fully saturated rings. The molecule has 4 atom stereocenters. The Bertz CT molecular complexity index is 2090. The Hall–Kier alpha value is -5.70. The number of hydrogen-bond donors (Lipinski definition) is 4. The smallest absolute Gasteiger partial charge is 0.407 e. The molecule has 328 valence electrons. The number of amides is 4. The van der Waals surface area contributed by atoms with E-state index >= 15 is 0 Å². The quantitative estimate of drug-likeness (QED) is 0.117. The van der Waals surface area contributed by atoms with E-state index in [0.717, 1.165) is 96.5 Å². The normalized spacial score (nSPS) is 18.3. The highest BCUT2D eigenvalue weighted by Crippen LogP contribution is 2.35. The molecule has 4 amide bonds. The van der Waals surface area contributed by atoms with Gasteiger partial charge >= 0.3 is 12.2 Å². The summed E-state index contributed by atoms with van der Waals surface area (Å²) in [4.78, 5) is 72.2. The van der Waals surface area contributed by atoms with Gasteiger partial charge in [0.2, 0.25) is 11.8 Å². The van der Waals surface area contributed by atoms with Gasteiger partial charge in [0.05, 0.1) is 50.0 Å². The molecule has 15 heteroatoms. The highest BCUT2D eigenvalue weighted by molar-refractivity contribution is 5.87. The van der Waals surface area contributed by atoms with E-state index in [4.69, 9.17) is 24.2 Å². The lowest BCUT2D eigenvalue weighted by Gasteiger charge is -2.32. The van der Waals surface area contributed by atoms with Crippen LogP contribution in [0.3, 0.4) is 0 Å². The minimum atomic E-state index is -0.750. The SMILES string of the molecule is COC(=O)N[C@H](C(=O)N(C)C1CCCCCCCOCc2[nH]c1nc2-c1ccc(-c2ccc(-c3c[nH]c([C@@H]4CCCN4C(=O)[C@@H](NC(=O)OC)C(C)C)n3)cc2)cc1)C(C)C. The predicted molar refractivity (Wildman–Crippen MR) is 232 cm³/mol. The Labute approximate surface area is 358 Å². The summed E-state index contributed by atoms with van der Waals surface area (Å²) in [5.74, 6) is 0.798. The van der Waals surface area contributed by atoms with Crippen LogP contribution in [0.25, 0.3) is 33.6 Å². The number of nitrogens with one attached hydrogen (secondary N) is 4. The molecular weight excluding hydrogens is 777 g/mol. The molecule has 6 rings (SSSR count). The number of nitrogens with zero attached hydrogens (tertiary/aromatic N) is 4. The number of imidazole rings is 2. The molecule has 61 heavy (non-hydrogen) atoms. The lowest BCUT2D eigenvalue weighted by Crippen LogP contribution is -2.51. The van der Waals surface area contributed by atoms with Gasteiger partial charge < -0.3 is 44.6 Å². The van der Waals surface area contributed by atoms with Gasteiger partial charge in [0, 0.05) is 37.5 Å². The minimum Gasteiger partial charge on any atom is -0.453 e. The minimum absolute atomic E-state index is 0.112. The summed E-state index contributed by atoms with van der Waals surface area (Å²) in [6.07, 6.45) is 8.08. The second kappa shape index (κ2) is 20.7. The van der Waals surface area contributed by atoms with E-state index < -0.39 is 24.3 Å². The van der Waals surface area contributed by atoms with E-state index in [1.807, 2.05) is 50.9 Å². The van der Waals surface area contributed by atoms with Gasteiger partial charge in [-0.2, -0.15) is 0 Å². The zero-order valence-electron chi connectivity index (χ0n) is 36.6. The summed E-state index contributed by atoms with van der Waals surface area (Å²) in [6.45, 7) is 9.22. The number of benzene rings is 2. The van der Waals surface area contributed by atoms with E-state index in [-0.39, 0.29) is 35.7 Å².